The lowest BCUT2D eigenvalue weighted by molar-refractivity contribution is 0.0930. The smallest absolute Gasteiger partial charge is 0.271 e. The van der Waals surface area contributed by atoms with Gasteiger partial charge in [-0.3, -0.25) is 14.5 Å². The molecule has 3 rings (SSSR count). The first-order chi connectivity index (χ1) is 12.7. The molecule has 138 valence electrons. The fraction of sp³-hybridized carbons (Fsp3) is 0.450. The number of hydrogen-bond donors (Lipinski definition) is 1. The average molecular weight is 354 g/mol. The number of carbonyl (C=O) groups excluding carboxylic acids is 1. The van der Waals surface area contributed by atoms with E-state index in [9.17, 15) is 9.59 Å². The largest absolute Gasteiger partial charge is 0.349 e. The number of benzene rings is 1. The monoisotopic (exact) mass is 354 g/mol. The molecule has 2 aromatic rings. The van der Waals surface area contributed by atoms with Gasteiger partial charge in [0.15, 0.2) is 0 Å². The number of nitrogens with one attached hydrogen (secondary N) is 1. The Hall–Kier alpha value is -2.47. The highest BCUT2D eigenvalue weighted by molar-refractivity contribution is 5.92. The minimum atomic E-state index is -0.241. The molecule has 1 amide bonds. The Morgan fingerprint density at radius 1 is 1.15 bits per heavy atom. The molecule has 1 aliphatic heterocycles. The van der Waals surface area contributed by atoms with E-state index in [0.717, 1.165) is 19.5 Å². The van der Waals surface area contributed by atoms with Gasteiger partial charge in [-0.25, -0.2) is 4.68 Å². The van der Waals surface area contributed by atoms with Gasteiger partial charge in [-0.15, -0.1) is 0 Å². The molecule has 1 saturated heterocycles. The van der Waals surface area contributed by atoms with Gasteiger partial charge in [0.05, 0.1) is 6.04 Å². The predicted octanol–water partition coefficient (Wildman–Crippen LogP) is 2.22. The average Bonchev–Trinajstić information content (AvgIpc) is 3.19. The van der Waals surface area contributed by atoms with Crippen LogP contribution < -0.4 is 10.9 Å². The molecule has 2 heterocycles. The van der Waals surface area contributed by atoms with Crippen molar-refractivity contribution in [1.82, 2.24) is 20.0 Å². The van der Waals surface area contributed by atoms with Crippen LogP contribution in [0.5, 0.6) is 0 Å². The van der Waals surface area contributed by atoms with E-state index in [4.69, 9.17) is 0 Å². The highest BCUT2D eigenvalue weighted by Gasteiger charge is 2.24. The first-order valence-electron chi connectivity index (χ1n) is 9.34. The van der Waals surface area contributed by atoms with Gasteiger partial charge < -0.3 is 5.32 Å². The maximum absolute atomic E-state index is 12.6. The van der Waals surface area contributed by atoms with Crippen molar-refractivity contribution in [2.75, 3.05) is 19.6 Å². The van der Waals surface area contributed by atoms with Crippen molar-refractivity contribution < 1.29 is 4.79 Å². The summed E-state index contributed by atoms with van der Waals surface area (Å²) in [5.41, 5.74) is 1.31. The zero-order valence-corrected chi connectivity index (χ0v) is 15.2. The van der Waals surface area contributed by atoms with Crippen molar-refractivity contribution >= 4 is 5.91 Å². The molecular formula is C20H26N4O2. The Bertz CT molecular complexity index is 782. The van der Waals surface area contributed by atoms with E-state index in [2.05, 4.69) is 27.4 Å². The lowest BCUT2D eigenvalue weighted by Gasteiger charge is -2.28. The summed E-state index contributed by atoms with van der Waals surface area (Å²) in [6, 6.07) is 13.3. The molecule has 1 atom stereocenters. The molecular weight excluding hydrogens is 328 g/mol. The molecule has 1 unspecified atom stereocenters. The Morgan fingerprint density at radius 3 is 2.58 bits per heavy atom. The summed E-state index contributed by atoms with van der Waals surface area (Å²) in [5.74, 6) is -0.241. The highest BCUT2D eigenvalue weighted by atomic mass is 16.2. The van der Waals surface area contributed by atoms with Crippen LogP contribution in [0.15, 0.2) is 47.3 Å². The molecule has 0 spiro atoms. The summed E-state index contributed by atoms with van der Waals surface area (Å²) in [6.45, 7) is 5.11. The second kappa shape index (κ2) is 8.76. The van der Waals surface area contributed by atoms with E-state index < -0.39 is 0 Å². The van der Waals surface area contributed by atoms with E-state index in [1.165, 1.54) is 35.2 Å². The molecule has 0 radical (unpaired) electrons. The molecule has 0 saturated carbocycles. The van der Waals surface area contributed by atoms with E-state index in [0.29, 0.717) is 13.1 Å². The fourth-order valence-electron chi connectivity index (χ4n) is 3.41. The molecule has 0 bridgehead atoms. The summed E-state index contributed by atoms with van der Waals surface area (Å²) >= 11 is 0. The number of aryl methyl sites for hydroxylation is 1. The van der Waals surface area contributed by atoms with Gasteiger partial charge in [-0.1, -0.05) is 37.3 Å². The molecule has 26 heavy (non-hydrogen) atoms. The number of likely N-dealkylation sites (tertiary alicyclic amines) is 1. The summed E-state index contributed by atoms with van der Waals surface area (Å²) < 4.78 is 1.35. The van der Waals surface area contributed by atoms with Gasteiger partial charge in [0, 0.05) is 19.2 Å². The Labute approximate surface area is 153 Å². The zero-order valence-electron chi connectivity index (χ0n) is 15.2. The third kappa shape index (κ3) is 4.38. The van der Waals surface area contributed by atoms with Gasteiger partial charge in [-0.05, 0) is 44.0 Å². The molecule has 1 N–H and O–H groups in total. The highest BCUT2D eigenvalue weighted by Crippen LogP contribution is 2.24. The van der Waals surface area contributed by atoms with Gasteiger partial charge in [0.1, 0.15) is 5.69 Å². The number of aromatic nitrogens is 2. The maximum atomic E-state index is 12.6. The number of amides is 1. The van der Waals surface area contributed by atoms with Crippen molar-refractivity contribution in [1.29, 1.82) is 0 Å². The zero-order chi connectivity index (χ0) is 18.4. The number of carbonyl (C=O) groups is 1. The van der Waals surface area contributed by atoms with Crippen molar-refractivity contribution in [3.05, 3.63) is 64.1 Å². The predicted molar refractivity (Wildman–Crippen MR) is 101 cm³/mol. The molecule has 1 aromatic heterocycles. The van der Waals surface area contributed by atoms with Crippen LogP contribution >= 0.6 is 0 Å². The number of nitrogens with zero attached hydrogens (tertiary/aromatic N) is 3. The first kappa shape index (κ1) is 18.3. The number of hydrogen-bond acceptors (Lipinski definition) is 4. The van der Waals surface area contributed by atoms with Crippen molar-refractivity contribution in [3.8, 4) is 0 Å². The third-order valence-corrected chi connectivity index (χ3v) is 4.76. The van der Waals surface area contributed by atoms with Crippen LogP contribution in [0.4, 0.5) is 0 Å². The van der Waals surface area contributed by atoms with Crippen LogP contribution in [0.3, 0.4) is 0 Å². The van der Waals surface area contributed by atoms with Gasteiger partial charge in [0.2, 0.25) is 0 Å². The van der Waals surface area contributed by atoms with E-state index >= 15 is 0 Å². The van der Waals surface area contributed by atoms with Gasteiger partial charge in [0.25, 0.3) is 11.5 Å². The molecule has 1 aliphatic rings. The minimum Gasteiger partial charge on any atom is -0.349 e. The van der Waals surface area contributed by atoms with Crippen LogP contribution in [0.2, 0.25) is 0 Å². The van der Waals surface area contributed by atoms with E-state index in [1.807, 2.05) is 25.1 Å². The topological polar surface area (TPSA) is 67.2 Å². The minimum absolute atomic E-state index is 0.157. The second-order valence-electron chi connectivity index (χ2n) is 6.66. The standard InChI is InChI=1S/C20H26N4O2/c1-2-12-24-19(25)11-10-17(22-24)20(26)21-15-18(23-13-6-7-14-23)16-8-4-3-5-9-16/h3-5,8-11,18H,2,6-7,12-15H2,1H3,(H,21,26). The Kier molecular flexibility index (Phi) is 6.17. The molecule has 0 aliphatic carbocycles. The van der Waals surface area contributed by atoms with Crippen LogP contribution in [-0.2, 0) is 6.54 Å². The molecule has 1 fully saturated rings. The second-order valence-corrected chi connectivity index (χ2v) is 6.66. The summed E-state index contributed by atoms with van der Waals surface area (Å²) in [5, 5.41) is 7.19. The normalized spacial score (nSPS) is 15.7. The lowest BCUT2D eigenvalue weighted by atomic mass is 10.1. The maximum Gasteiger partial charge on any atom is 0.271 e. The first-order valence-corrected chi connectivity index (χ1v) is 9.34. The van der Waals surface area contributed by atoms with Crippen LogP contribution in [0.25, 0.3) is 0 Å². The number of rotatable bonds is 7. The van der Waals surface area contributed by atoms with Crippen LogP contribution in [0.1, 0.15) is 48.3 Å². The summed E-state index contributed by atoms with van der Waals surface area (Å²) in [4.78, 5) is 26.7. The van der Waals surface area contributed by atoms with Gasteiger partial charge in [-0.2, -0.15) is 5.10 Å². The van der Waals surface area contributed by atoms with E-state index in [-0.39, 0.29) is 23.2 Å². The third-order valence-electron chi connectivity index (χ3n) is 4.76. The summed E-state index contributed by atoms with van der Waals surface area (Å²) in [6.07, 6.45) is 3.19. The lowest BCUT2D eigenvalue weighted by Crippen LogP contribution is -2.37. The molecule has 1 aromatic carbocycles. The van der Waals surface area contributed by atoms with Crippen LogP contribution in [-0.4, -0.2) is 40.2 Å². The van der Waals surface area contributed by atoms with Gasteiger partial charge >= 0.3 is 0 Å². The SMILES string of the molecule is CCCn1nc(C(=O)NCC(c2ccccc2)N2CCCC2)ccc1=O. The van der Waals surface area contributed by atoms with Crippen molar-refractivity contribution in [3.63, 3.8) is 0 Å². The molecule has 6 nitrogen and oxygen atoms in total. The van der Waals surface area contributed by atoms with Crippen molar-refractivity contribution in [2.45, 2.75) is 38.8 Å². The quantitative estimate of drug-likeness (QED) is 0.828. The van der Waals surface area contributed by atoms with Crippen molar-refractivity contribution in [2.24, 2.45) is 0 Å². The van der Waals surface area contributed by atoms with E-state index in [1.54, 1.807) is 0 Å². The van der Waals surface area contributed by atoms with Crippen LogP contribution in [0, 0.1) is 0 Å². The Morgan fingerprint density at radius 2 is 1.88 bits per heavy atom. The molecule has 6 heteroatoms. The Balaban J connectivity index is 1.71. The fourth-order valence-corrected chi connectivity index (χ4v) is 3.41. The summed E-state index contributed by atoms with van der Waals surface area (Å²) in [7, 11) is 0.